The first-order valence-electron chi connectivity index (χ1n) is 5.95. The molecular formula is C12H19FN2O2S. The van der Waals surface area contributed by atoms with Gasteiger partial charge in [0, 0.05) is 6.54 Å². The quantitative estimate of drug-likeness (QED) is 0.791. The lowest BCUT2D eigenvalue weighted by atomic mass is 10.0. The van der Waals surface area contributed by atoms with Crippen molar-refractivity contribution < 1.29 is 12.8 Å². The molecule has 1 rings (SSSR count). The van der Waals surface area contributed by atoms with Gasteiger partial charge in [-0.05, 0) is 43.1 Å². The lowest BCUT2D eigenvalue weighted by molar-refractivity contribution is 0.466. The summed E-state index contributed by atoms with van der Waals surface area (Å²) in [4.78, 5) is 0.0755. The van der Waals surface area contributed by atoms with Crippen molar-refractivity contribution in [1.29, 1.82) is 0 Å². The maximum Gasteiger partial charge on any atom is 0.240 e. The van der Waals surface area contributed by atoms with E-state index >= 15 is 0 Å². The fourth-order valence-electron chi connectivity index (χ4n) is 1.61. The van der Waals surface area contributed by atoms with E-state index in [-0.39, 0.29) is 10.8 Å². The van der Waals surface area contributed by atoms with Gasteiger partial charge in [-0.2, -0.15) is 0 Å². The first-order valence-corrected chi connectivity index (χ1v) is 7.43. The van der Waals surface area contributed by atoms with Crippen LogP contribution < -0.4 is 10.5 Å². The summed E-state index contributed by atoms with van der Waals surface area (Å²) in [5.74, 6) is -0.228. The van der Waals surface area contributed by atoms with Gasteiger partial charge < -0.3 is 5.73 Å². The molecule has 102 valence electrons. The second-order valence-electron chi connectivity index (χ2n) is 4.16. The monoisotopic (exact) mass is 274 g/mol. The molecule has 0 saturated heterocycles. The van der Waals surface area contributed by atoms with Gasteiger partial charge in [-0.25, -0.2) is 17.5 Å². The first kappa shape index (κ1) is 15.1. The fourth-order valence-corrected chi connectivity index (χ4v) is 2.73. The summed E-state index contributed by atoms with van der Waals surface area (Å²) in [7, 11) is -3.56. The van der Waals surface area contributed by atoms with Crippen molar-refractivity contribution in [3.05, 3.63) is 30.1 Å². The summed E-state index contributed by atoms with van der Waals surface area (Å²) < 4.78 is 39.0. The van der Waals surface area contributed by atoms with Gasteiger partial charge in [0.2, 0.25) is 10.0 Å². The molecule has 18 heavy (non-hydrogen) atoms. The minimum atomic E-state index is -3.56. The fraction of sp³-hybridized carbons (Fsp3) is 0.500. The van der Waals surface area contributed by atoms with Crippen LogP contribution in [0, 0.1) is 11.7 Å². The van der Waals surface area contributed by atoms with Crippen molar-refractivity contribution in [1.82, 2.24) is 4.72 Å². The van der Waals surface area contributed by atoms with E-state index in [4.69, 9.17) is 5.73 Å². The highest BCUT2D eigenvalue weighted by molar-refractivity contribution is 7.89. The molecule has 0 fully saturated rings. The van der Waals surface area contributed by atoms with Gasteiger partial charge in [0.05, 0.1) is 4.90 Å². The van der Waals surface area contributed by atoms with Gasteiger partial charge in [-0.3, -0.25) is 0 Å². The third kappa shape index (κ3) is 4.36. The van der Waals surface area contributed by atoms with E-state index in [1.807, 2.05) is 6.92 Å². The van der Waals surface area contributed by atoms with E-state index in [0.717, 1.165) is 25.0 Å². The number of rotatable bonds is 7. The Morgan fingerprint density at radius 3 is 2.44 bits per heavy atom. The van der Waals surface area contributed by atoms with E-state index in [0.29, 0.717) is 13.1 Å². The van der Waals surface area contributed by atoms with Crippen LogP contribution in [-0.2, 0) is 10.0 Å². The molecule has 0 bridgehead atoms. The Morgan fingerprint density at radius 1 is 1.33 bits per heavy atom. The zero-order chi connectivity index (χ0) is 13.6. The molecule has 1 aromatic rings. The molecule has 0 amide bonds. The number of benzene rings is 1. The second kappa shape index (κ2) is 6.82. The Balaban J connectivity index is 2.67. The minimum absolute atomic E-state index is 0.0755. The maximum absolute atomic E-state index is 12.7. The molecule has 1 aromatic carbocycles. The molecule has 3 N–H and O–H groups in total. The number of halogens is 1. The Kier molecular flexibility index (Phi) is 5.71. The van der Waals surface area contributed by atoms with Crippen LogP contribution in [0.5, 0.6) is 0 Å². The van der Waals surface area contributed by atoms with Crippen LogP contribution in [0.3, 0.4) is 0 Å². The van der Waals surface area contributed by atoms with Crippen molar-refractivity contribution in [3.63, 3.8) is 0 Å². The largest absolute Gasteiger partial charge is 0.330 e. The van der Waals surface area contributed by atoms with E-state index in [1.165, 1.54) is 12.1 Å². The SMILES string of the molecule is CCC(CCN)CNS(=O)(=O)c1ccc(F)cc1. The summed E-state index contributed by atoms with van der Waals surface area (Å²) >= 11 is 0. The van der Waals surface area contributed by atoms with Crippen molar-refractivity contribution in [3.8, 4) is 0 Å². The minimum Gasteiger partial charge on any atom is -0.330 e. The zero-order valence-electron chi connectivity index (χ0n) is 10.4. The number of hydrogen-bond donors (Lipinski definition) is 2. The number of nitrogens with two attached hydrogens (primary N) is 1. The third-order valence-corrected chi connectivity index (χ3v) is 4.28. The lowest BCUT2D eigenvalue weighted by Gasteiger charge is -2.14. The smallest absolute Gasteiger partial charge is 0.240 e. The van der Waals surface area contributed by atoms with Crippen LogP contribution in [-0.4, -0.2) is 21.5 Å². The van der Waals surface area contributed by atoms with Crippen LogP contribution >= 0.6 is 0 Å². The van der Waals surface area contributed by atoms with E-state index in [9.17, 15) is 12.8 Å². The summed E-state index contributed by atoms with van der Waals surface area (Å²) in [6.45, 7) is 2.89. The van der Waals surface area contributed by atoms with Crippen LogP contribution in [0.1, 0.15) is 19.8 Å². The van der Waals surface area contributed by atoms with Gasteiger partial charge in [0.1, 0.15) is 5.82 Å². The predicted octanol–water partition coefficient (Wildman–Crippen LogP) is 1.48. The second-order valence-corrected chi connectivity index (χ2v) is 5.92. The average molecular weight is 274 g/mol. The topological polar surface area (TPSA) is 72.2 Å². The molecule has 0 aliphatic heterocycles. The number of nitrogens with one attached hydrogen (secondary N) is 1. The van der Waals surface area contributed by atoms with Gasteiger partial charge in [-0.1, -0.05) is 13.3 Å². The van der Waals surface area contributed by atoms with Crippen LogP contribution in [0.25, 0.3) is 0 Å². The van der Waals surface area contributed by atoms with Crippen LogP contribution in [0.2, 0.25) is 0 Å². The lowest BCUT2D eigenvalue weighted by Crippen LogP contribution is -2.30. The Labute approximate surface area is 107 Å². The Hall–Kier alpha value is -0.980. The summed E-state index contributed by atoms with van der Waals surface area (Å²) in [6, 6.07) is 4.76. The Morgan fingerprint density at radius 2 is 1.94 bits per heavy atom. The van der Waals surface area contributed by atoms with Crippen molar-refractivity contribution in [2.45, 2.75) is 24.7 Å². The maximum atomic E-state index is 12.7. The first-order chi connectivity index (χ1) is 8.49. The normalized spacial score (nSPS) is 13.5. The molecule has 0 saturated carbocycles. The van der Waals surface area contributed by atoms with E-state index in [1.54, 1.807) is 0 Å². The third-order valence-electron chi connectivity index (χ3n) is 2.84. The van der Waals surface area contributed by atoms with Gasteiger partial charge >= 0.3 is 0 Å². The molecule has 0 heterocycles. The predicted molar refractivity (Wildman–Crippen MR) is 69.0 cm³/mol. The standard InChI is InChI=1S/C12H19FN2O2S/c1-2-10(7-8-14)9-15-18(16,17)12-5-3-11(13)4-6-12/h3-6,10,15H,2,7-9,14H2,1H3. The zero-order valence-corrected chi connectivity index (χ0v) is 11.2. The molecular weight excluding hydrogens is 255 g/mol. The molecule has 0 radical (unpaired) electrons. The van der Waals surface area contributed by atoms with E-state index in [2.05, 4.69) is 4.72 Å². The molecule has 0 aliphatic carbocycles. The van der Waals surface area contributed by atoms with Crippen LogP contribution in [0.15, 0.2) is 29.2 Å². The number of hydrogen-bond acceptors (Lipinski definition) is 3. The molecule has 0 aromatic heterocycles. The molecule has 1 unspecified atom stereocenters. The average Bonchev–Trinajstić information content (AvgIpc) is 2.35. The van der Waals surface area contributed by atoms with Gasteiger partial charge in [-0.15, -0.1) is 0 Å². The molecule has 1 atom stereocenters. The summed E-state index contributed by atoms with van der Waals surface area (Å²) in [5.41, 5.74) is 5.45. The van der Waals surface area contributed by atoms with Gasteiger partial charge in [0.25, 0.3) is 0 Å². The molecule has 6 heteroatoms. The van der Waals surface area contributed by atoms with Crippen molar-refractivity contribution in [2.75, 3.05) is 13.1 Å². The van der Waals surface area contributed by atoms with Gasteiger partial charge in [0.15, 0.2) is 0 Å². The molecule has 0 aliphatic rings. The van der Waals surface area contributed by atoms with Crippen molar-refractivity contribution >= 4 is 10.0 Å². The molecule has 0 spiro atoms. The van der Waals surface area contributed by atoms with E-state index < -0.39 is 15.8 Å². The highest BCUT2D eigenvalue weighted by Crippen LogP contribution is 2.11. The summed E-state index contributed by atoms with van der Waals surface area (Å²) in [5, 5.41) is 0. The number of sulfonamides is 1. The molecule has 4 nitrogen and oxygen atoms in total. The highest BCUT2D eigenvalue weighted by atomic mass is 32.2. The highest BCUT2D eigenvalue weighted by Gasteiger charge is 2.15. The van der Waals surface area contributed by atoms with Crippen LogP contribution in [0.4, 0.5) is 4.39 Å². The van der Waals surface area contributed by atoms with Crippen molar-refractivity contribution in [2.24, 2.45) is 11.7 Å². The summed E-state index contributed by atoms with van der Waals surface area (Å²) in [6.07, 6.45) is 1.64. The Bertz CT molecular complexity index is 459.